The summed E-state index contributed by atoms with van der Waals surface area (Å²) in [5.41, 5.74) is 0. The van der Waals surface area contributed by atoms with Crippen LogP contribution in [0.2, 0.25) is 0 Å². The number of piperidine rings is 1. The molecule has 0 bridgehead atoms. The van der Waals surface area contributed by atoms with Crippen LogP contribution in [0.3, 0.4) is 0 Å². The van der Waals surface area contributed by atoms with Gasteiger partial charge < -0.3 is 4.52 Å². The predicted octanol–water partition coefficient (Wildman–Crippen LogP) is 1.27. The minimum absolute atomic E-state index is 0.0253. The number of hydrogen-bond acceptors (Lipinski definition) is 6. The third kappa shape index (κ3) is 4.49. The van der Waals surface area contributed by atoms with Gasteiger partial charge in [0.1, 0.15) is 0 Å². The summed E-state index contributed by atoms with van der Waals surface area (Å²) >= 11 is 0. The molecule has 0 saturated carbocycles. The van der Waals surface area contributed by atoms with Crippen molar-refractivity contribution in [3.8, 4) is 0 Å². The molecule has 1 unspecified atom stereocenters. The Morgan fingerprint density at radius 1 is 1.29 bits per heavy atom. The molecule has 1 N–H and O–H groups in total. The fourth-order valence-electron chi connectivity index (χ4n) is 2.51. The number of nitrogens with zero attached hydrogens (tertiary/aromatic N) is 3. The zero-order chi connectivity index (χ0) is 15.6. The van der Waals surface area contributed by atoms with Crippen LogP contribution in [0.5, 0.6) is 0 Å². The minimum Gasteiger partial charge on any atom is -0.338 e. The highest BCUT2D eigenvalue weighted by Crippen LogP contribution is 2.24. The molecular weight excluding hydrogens is 292 g/mol. The first-order valence-electron chi connectivity index (χ1n) is 7.31. The van der Waals surface area contributed by atoms with Crippen molar-refractivity contribution in [1.29, 1.82) is 0 Å². The standard InChI is InChI=1S/C13H24N4O3S/c1-9(2)12-14-13(20-15-12)10(3)17-7-5-11(6-8-17)16-21(4,18)19/h9-11,16H,5-8H2,1-4H3. The van der Waals surface area contributed by atoms with Crippen molar-refractivity contribution in [3.05, 3.63) is 11.7 Å². The summed E-state index contributed by atoms with van der Waals surface area (Å²) in [6, 6.07) is 0.0848. The fraction of sp³-hybridized carbons (Fsp3) is 0.846. The molecule has 1 saturated heterocycles. The molecule has 1 atom stereocenters. The zero-order valence-corrected chi connectivity index (χ0v) is 13.9. The molecule has 0 aliphatic carbocycles. The number of rotatable bonds is 5. The molecule has 8 heteroatoms. The molecule has 0 spiro atoms. The van der Waals surface area contributed by atoms with E-state index >= 15 is 0 Å². The first-order chi connectivity index (χ1) is 9.76. The van der Waals surface area contributed by atoms with Gasteiger partial charge in [-0.2, -0.15) is 4.98 Å². The van der Waals surface area contributed by atoms with E-state index < -0.39 is 10.0 Å². The summed E-state index contributed by atoms with van der Waals surface area (Å²) < 4.78 is 30.5. The van der Waals surface area contributed by atoms with Gasteiger partial charge in [-0.3, -0.25) is 4.90 Å². The summed E-state index contributed by atoms with van der Waals surface area (Å²) in [6.45, 7) is 7.73. The Bertz CT molecular complexity index is 562. The maximum absolute atomic E-state index is 11.2. The van der Waals surface area contributed by atoms with E-state index in [1.54, 1.807) is 0 Å². The molecule has 1 fully saturated rings. The van der Waals surface area contributed by atoms with E-state index in [1.165, 1.54) is 6.26 Å². The summed E-state index contributed by atoms with van der Waals surface area (Å²) in [7, 11) is -3.13. The maximum Gasteiger partial charge on any atom is 0.243 e. The summed E-state index contributed by atoms with van der Waals surface area (Å²) in [4.78, 5) is 6.68. The summed E-state index contributed by atoms with van der Waals surface area (Å²) in [6.07, 6.45) is 2.79. The van der Waals surface area contributed by atoms with Crippen LogP contribution in [-0.4, -0.2) is 48.8 Å². The highest BCUT2D eigenvalue weighted by molar-refractivity contribution is 7.88. The van der Waals surface area contributed by atoms with Crippen LogP contribution >= 0.6 is 0 Å². The van der Waals surface area contributed by atoms with Crippen molar-refractivity contribution in [2.24, 2.45) is 0 Å². The highest BCUT2D eigenvalue weighted by atomic mass is 32.2. The second-order valence-electron chi connectivity index (χ2n) is 6.02. The summed E-state index contributed by atoms with van der Waals surface area (Å²) in [5.74, 6) is 1.61. The van der Waals surface area contributed by atoms with Crippen molar-refractivity contribution < 1.29 is 12.9 Å². The van der Waals surface area contributed by atoms with Crippen LogP contribution < -0.4 is 4.72 Å². The van der Waals surface area contributed by atoms with E-state index in [0.29, 0.717) is 5.89 Å². The smallest absolute Gasteiger partial charge is 0.243 e. The van der Waals surface area contributed by atoms with Crippen LogP contribution in [-0.2, 0) is 10.0 Å². The van der Waals surface area contributed by atoms with Crippen molar-refractivity contribution in [2.75, 3.05) is 19.3 Å². The molecule has 21 heavy (non-hydrogen) atoms. The Kier molecular flexibility index (Phi) is 5.00. The number of likely N-dealkylation sites (tertiary alicyclic amines) is 1. The number of nitrogens with one attached hydrogen (secondary N) is 1. The highest BCUT2D eigenvalue weighted by Gasteiger charge is 2.28. The Balaban J connectivity index is 1.92. The van der Waals surface area contributed by atoms with Crippen molar-refractivity contribution in [3.63, 3.8) is 0 Å². The van der Waals surface area contributed by atoms with Gasteiger partial charge in [-0.1, -0.05) is 19.0 Å². The van der Waals surface area contributed by atoms with Crippen LogP contribution in [0, 0.1) is 0 Å². The molecule has 0 radical (unpaired) electrons. The number of sulfonamides is 1. The average molecular weight is 316 g/mol. The van der Waals surface area contributed by atoms with Crippen LogP contribution in [0.4, 0.5) is 0 Å². The van der Waals surface area contributed by atoms with Crippen LogP contribution in [0.15, 0.2) is 4.52 Å². The molecule has 1 aromatic rings. The quantitative estimate of drug-likeness (QED) is 0.880. The third-order valence-corrected chi connectivity index (χ3v) is 4.55. The molecule has 1 aliphatic rings. The molecule has 120 valence electrons. The van der Waals surface area contributed by atoms with E-state index in [1.807, 2.05) is 20.8 Å². The molecule has 1 aromatic heterocycles. The van der Waals surface area contributed by atoms with E-state index in [0.717, 1.165) is 31.8 Å². The Hall–Kier alpha value is -0.990. The van der Waals surface area contributed by atoms with Gasteiger partial charge in [-0.15, -0.1) is 0 Å². The molecular formula is C13H24N4O3S. The monoisotopic (exact) mass is 316 g/mol. The first kappa shape index (κ1) is 16.4. The lowest BCUT2D eigenvalue weighted by Gasteiger charge is -2.34. The fourth-order valence-corrected chi connectivity index (χ4v) is 3.36. The topological polar surface area (TPSA) is 88.3 Å². The van der Waals surface area contributed by atoms with Crippen molar-refractivity contribution in [1.82, 2.24) is 19.8 Å². The van der Waals surface area contributed by atoms with Gasteiger partial charge >= 0.3 is 0 Å². The Morgan fingerprint density at radius 2 is 1.90 bits per heavy atom. The lowest BCUT2D eigenvalue weighted by Crippen LogP contribution is -2.45. The van der Waals surface area contributed by atoms with Gasteiger partial charge in [0.15, 0.2) is 5.82 Å². The second-order valence-corrected chi connectivity index (χ2v) is 7.80. The van der Waals surface area contributed by atoms with Gasteiger partial charge in [0, 0.05) is 25.0 Å². The molecule has 0 amide bonds. The first-order valence-corrected chi connectivity index (χ1v) is 9.20. The van der Waals surface area contributed by atoms with Gasteiger partial charge in [-0.25, -0.2) is 13.1 Å². The normalized spacial score (nSPS) is 20.0. The van der Waals surface area contributed by atoms with Crippen molar-refractivity contribution >= 4 is 10.0 Å². The van der Waals surface area contributed by atoms with Crippen LogP contribution in [0.25, 0.3) is 0 Å². The average Bonchev–Trinajstić information content (AvgIpc) is 2.86. The third-order valence-electron chi connectivity index (χ3n) is 3.79. The van der Waals surface area contributed by atoms with E-state index in [2.05, 4.69) is 19.8 Å². The Labute approximate surface area is 126 Å². The molecule has 2 rings (SSSR count). The summed E-state index contributed by atoms with van der Waals surface area (Å²) in [5, 5.41) is 3.99. The SMILES string of the molecule is CC(C)c1noc(C(C)N2CCC(NS(C)(=O)=O)CC2)n1. The minimum atomic E-state index is -3.13. The molecule has 1 aliphatic heterocycles. The second kappa shape index (κ2) is 6.41. The van der Waals surface area contributed by atoms with E-state index in [-0.39, 0.29) is 18.0 Å². The lowest BCUT2D eigenvalue weighted by molar-refractivity contribution is 0.134. The van der Waals surface area contributed by atoms with E-state index in [4.69, 9.17) is 4.52 Å². The molecule has 0 aromatic carbocycles. The predicted molar refractivity (Wildman–Crippen MR) is 79.4 cm³/mol. The maximum atomic E-state index is 11.2. The molecule has 7 nitrogen and oxygen atoms in total. The number of aromatic nitrogens is 2. The Morgan fingerprint density at radius 3 is 2.38 bits per heavy atom. The van der Waals surface area contributed by atoms with Crippen LogP contribution in [0.1, 0.15) is 57.3 Å². The van der Waals surface area contributed by atoms with Gasteiger partial charge in [0.25, 0.3) is 0 Å². The zero-order valence-electron chi connectivity index (χ0n) is 13.0. The van der Waals surface area contributed by atoms with Gasteiger partial charge in [0.2, 0.25) is 15.9 Å². The largest absolute Gasteiger partial charge is 0.338 e. The molecule has 2 heterocycles. The van der Waals surface area contributed by atoms with Crippen molar-refractivity contribution in [2.45, 2.75) is 51.6 Å². The van der Waals surface area contributed by atoms with E-state index in [9.17, 15) is 8.42 Å². The van der Waals surface area contributed by atoms with Gasteiger partial charge in [0.05, 0.1) is 12.3 Å². The lowest BCUT2D eigenvalue weighted by atomic mass is 10.0. The van der Waals surface area contributed by atoms with Gasteiger partial charge in [-0.05, 0) is 19.8 Å². The number of hydrogen-bond donors (Lipinski definition) is 1.